The highest BCUT2D eigenvalue weighted by Gasteiger charge is 2.58. The monoisotopic (exact) mass is 398 g/mol. The van der Waals surface area contributed by atoms with E-state index < -0.39 is 0 Å². The van der Waals surface area contributed by atoms with E-state index in [9.17, 15) is 5.11 Å². The van der Waals surface area contributed by atoms with E-state index in [0.29, 0.717) is 10.8 Å². The zero-order chi connectivity index (χ0) is 21.0. The third kappa shape index (κ3) is 3.68. The SMILES string of the molecule is C/C(=C\[C@@H](C)[C@H]1CC[C@H]2[C@@H]3CC=C4C[C@@H](O)CC[C@]4(C)[C@H]3CC[C@]12C)CC(C)C. The summed E-state index contributed by atoms with van der Waals surface area (Å²) >= 11 is 0. The summed E-state index contributed by atoms with van der Waals surface area (Å²) in [5, 5.41) is 10.2. The Morgan fingerprint density at radius 2 is 1.86 bits per heavy atom. The number of aliphatic hydroxyl groups is 1. The molecule has 4 aliphatic carbocycles. The summed E-state index contributed by atoms with van der Waals surface area (Å²) in [5.74, 6) is 5.00. The van der Waals surface area contributed by atoms with E-state index in [2.05, 4.69) is 53.7 Å². The van der Waals surface area contributed by atoms with Gasteiger partial charge in [-0.1, -0.05) is 57.9 Å². The first-order valence-electron chi connectivity index (χ1n) is 12.7. The molecule has 0 aromatic carbocycles. The molecule has 0 unspecified atom stereocenters. The zero-order valence-corrected chi connectivity index (χ0v) is 20.0. The lowest BCUT2D eigenvalue weighted by Gasteiger charge is -2.58. The maximum atomic E-state index is 10.2. The number of allylic oxidation sites excluding steroid dienone is 3. The summed E-state index contributed by atoms with van der Waals surface area (Å²) < 4.78 is 0. The number of aliphatic hydroxyl groups excluding tert-OH is 1. The van der Waals surface area contributed by atoms with Gasteiger partial charge in [0.15, 0.2) is 0 Å². The smallest absolute Gasteiger partial charge is 0.0577 e. The molecular weight excluding hydrogens is 352 g/mol. The van der Waals surface area contributed by atoms with E-state index in [0.717, 1.165) is 48.3 Å². The van der Waals surface area contributed by atoms with Gasteiger partial charge in [0.25, 0.3) is 0 Å². The third-order valence-electron chi connectivity index (χ3n) is 10.1. The lowest BCUT2D eigenvalue weighted by Crippen LogP contribution is -2.50. The average Bonchev–Trinajstić information content (AvgIpc) is 2.99. The van der Waals surface area contributed by atoms with Gasteiger partial charge in [-0.15, -0.1) is 0 Å². The molecule has 29 heavy (non-hydrogen) atoms. The molecule has 0 spiro atoms. The van der Waals surface area contributed by atoms with Crippen LogP contribution in [0, 0.1) is 46.3 Å². The summed E-state index contributed by atoms with van der Waals surface area (Å²) in [5.41, 5.74) is 4.12. The lowest BCUT2D eigenvalue weighted by molar-refractivity contribution is -0.0541. The number of rotatable bonds is 4. The van der Waals surface area contributed by atoms with Crippen LogP contribution in [-0.4, -0.2) is 11.2 Å². The third-order valence-corrected chi connectivity index (χ3v) is 10.1. The van der Waals surface area contributed by atoms with Crippen molar-refractivity contribution in [3.63, 3.8) is 0 Å². The summed E-state index contributed by atoms with van der Waals surface area (Å²) in [7, 11) is 0. The van der Waals surface area contributed by atoms with Gasteiger partial charge in [-0.2, -0.15) is 0 Å². The van der Waals surface area contributed by atoms with Crippen LogP contribution in [0.4, 0.5) is 0 Å². The lowest BCUT2D eigenvalue weighted by atomic mass is 9.47. The quantitative estimate of drug-likeness (QED) is 0.484. The maximum Gasteiger partial charge on any atom is 0.0577 e. The van der Waals surface area contributed by atoms with Crippen molar-refractivity contribution >= 4 is 0 Å². The molecule has 3 fully saturated rings. The highest BCUT2D eigenvalue weighted by molar-refractivity contribution is 5.25. The highest BCUT2D eigenvalue weighted by atomic mass is 16.3. The molecule has 1 N–H and O–H groups in total. The van der Waals surface area contributed by atoms with Crippen LogP contribution in [0.3, 0.4) is 0 Å². The molecule has 0 aromatic rings. The van der Waals surface area contributed by atoms with Gasteiger partial charge in [0.2, 0.25) is 0 Å². The van der Waals surface area contributed by atoms with Gasteiger partial charge in [0, 0.05) is 0 Å². The van der Waals surface area contributed by atoms with Crippen molar-refractivity contribution in [1.82, 2.24) is 0 Å². The van der Waals surface area contributed by atoms with Crippen LogP contribution >= 0.6 is 0 Å². The largest absolute Gasteiger partial charge is 0.393 e. The first-order chi connectivity index (χ1) is 13.6. The summed E-state index contributed by atoms with van der Waals surface area (Å²) in [6, 6.07) is 0. The Kier molecular flexibility index (Phi) is 5.86. The Bertz CT molecular complexity index is 672. The van der Waals surface area contributed by atoms with Crippen molar-refractivity contribution in [2.45, 2.75) is 105 Å². The van der Waals surface area contributed by atoms with E-state index in [-0.39, 0.29) is 6.10 Å². The Balaban J connectivity index is 1.54. The number of hydrogen-bond acceptors (Lipinski definition) is 1. The van der Waals surface area contributed by atoms with E-state index >= 15 is 0 Å². The molecule has 0 aliphatic heterocycles. The molecule has 0 heterocycles. The fourth-order valence-corrected chi connectivity index (χ4v) is 8.82. The van der Waals surface area contributed by atoms with E-state index in [1.54, 1.807) is 11.1 Å². The molecular formula is C28H46O. The van der Waals surface area contributed by atoms with Crippen LogP contribution in [-0.2, 0) is 0 Å². The second kappa shape index (κ2) is 7.85. The molecule has 0 aromatic heterocycles. The van der Waals surface area contributed by atoms with Crippen molar-refractivity contribution in [3.8, 4) is 0 Å². The fourth-order valence-electron chi connectivity index (χ4n) is 8.82. The molecule has 0 saturated heterocycles. The number of hydrogen-bond donors (Lipinski definition) is 1. The second-order valence-electron chi connectivity index (χ2n) is 12.4. The molecule has 164 valence electrons. The highest BCUT2D eigenvalue weighted by Crippen LogP contribution is 2.67. The predicted molar refractivity (Wildman–Crippen MR) is 124 cm³/mol. The van der Waals surface area contributed by atoms with E-state index in [1.807, 2.05) is 0 Å². The van der Waals surface area contributed by atoms with Crippen LogP contribution in [0.25, 0.3) is 0 Å². The maximum absolute atomic E-state index is 10.2. The standard InChI is InChI=1S/C28H46O/c1-18(2)15-19(3)16-20(4)24-9-10-25-23-8-7-21-17-22(29)11-13-27(21,5)26(23)12-14-28(24,25)6/h7,16,18,20,22-26,29H,8-15,17H2,1-6H3/b19-16+/t20-,22+,23+,24-,25+,26+,27+,28-/m1/s1. The topological polar surface area (TPSA) is 20.2 Å². The number of fused-ring (bicyclic) bond motifs is 5. The molecule has 1 nitrogen and oxygen atoms in total. The Morgan fingerprint density at radius 3 is 2.59 bits per heavy atom. The van der Waals surface area contributed by atoms with Crippen LogP contribution in [0.1, 0.15) is 99.3 Å². The minimum Gasteiger partial charge on any atom is -0.393 e. The summed E-state index contributed by atoms with van der Waals surface area (Å²) in [4.78, 5) is 0. The summed E-state index contributed by atoms with van der Waals surface area (Å²) in [6.07, 6.45) is 16.6. The minimum absolute atomic E-state index is 0.0858. The van der Waals surface area contributed by atoms with Gasteiger partial charge in [0.1, 0.15) is 0 Å². The van der Waals surface area contributed by atoms with E-state index in [1.165, 1.54) is 44.9 Å². The molecule has 3 saturated carbocycles. The zero-order valence-electron chi connectivity index (χ0n) is 20.0. The first-order valence-corrected chi connectivity index (χ1v) is 12.7. The van der Waals surface area contributed by atoms with Crippen LogP contribution in [0.2, 0.25) is 0 Å². The van der Waals surface area contributed by atoms with Crippen molar-refractivity contribution in [2.75, 3.05) is 0 Å². The van der Waals surface area contributed by atoms with Gasteiger partial charge in [-0.05, 0) is 111 Å². The molecule has 0 amide bonds. The molecule has 0 bridgehead atoms. The molecule has 1 heteroatoms. The van der Waals surface area contributed by atoms with E-state index in [4.69, 9.17) is 0 Å². The molecule has 8 atom stereocenters. The first kappa shape index (κ1) is 21.7. The Hall–Kier alpha value is -0.560. The van der Waals surface area contributed by atoms with Gasteiger partial charge >= 0.3 is 0 Å². The Morgan fingerprint density at radius 1 is 1.10 bits per heavy atom. The van der Waals surface area contributed by atoms with Gasteiger partial charge < -0.3 is 5.11 Å². The van der Waals surface area contributed by atoms with Crippen molar-refractivity contribution < 1.29 is 5.11 Å². The summed E-state index contributed by atoms with van der Waals surface area (Å²) in [6.45, 7) is 14.8. The predicted octanol–water partition coefficient (Wildman–Crippen LogP) is 7.55. The minimum atomic E-state index is -0.0858. The van der Waals surface area contributed by atoms with Crippen LogP contribution in [0.5, 0.6) is 0 Å². The van der Waals surface area contributed by atoms with Crippen LogP contribution < -0.4 is 0 Å². The van der Waals surface area contributed by atoms with Gasteiger partial charge in [-0.25, -0.2) is 0 Å². The molecule has 4 aliphatic rings. The molecule has 4 rings (SSSR count). The normalized spacial score (nSPS) is 46.0. The second-order valence-corrected chi connectivity index (χ2v) is 12.4. The van der Waals surface area contributed by atoms with Crippen LogP contribution in [0.15, 0.2) is 23.3 Å². The van der Waals surface area contributed by atoms with Gasteiger partial charge in [-0.3, -0.25) is 0 Å². The van der Waals surface area contributed by atoms with Crippen molar-refractivity contribution in [2.24, 2.45) is 46.3 Å². The average molecular weight is 399 g/mol. The van der Waals surface area contributed by atoms with Crippen molar-refractivity contribution in [1.29, 1.82) is 0 Å². The Labute approximate surface area is 180 Å². The van der Waals surface area contributed by atoms with Crippen molar-refractivity contribution in [3.05, 3.63) is 23.3 Å². The fraction of sp³-hybridized carbons (Fsp3) is 0.857. The molecule has 0 radical (unpaired) electrons. The van der Waals surface area contributed by atoms with Gasteiger partial charge in [0.05, 0.1) is 6.10 Å².